The number of hydrogen-bond acceptors (Lipinski definition) is 5. The first kappa shape index (κ1) is 18.4. The number of nitrogens with zero attached hydrogens (tertiary/aromatic N) is 2. The van der Waals surface area contributed by atoms with Crippen LogP contribution in [-0.2, 0) is 0 Å². The van der Waals surface area contributed by atoms with Crippen molar-refractivity contribution in [2.75, 3.05) is 13.2 Å². The molecule has 1 N–H and O–H groups in total. The molecular formula is C20H21N3O4. The molecule has 0 aliphatic heterocycles. The second kappa shape index (κ2) is 7.90. The van der Waals surface area contributed by atoms with Crippen molar-refractivity contribution in [2.45, 2.75) is 20.8 Å². The predicted molar refractivity (Wildman–Crippen MR) is 105 cm³/mol. The van der Waals surface area contributed by atoms with E-state index in [-0.39, 0.29) is 0 Å². The first-order valence-electron chi connectivity index (χ1n) is 8.73. The number of aromatic amines is 1. The molecule has 0 spiro atoms. The van der Waals surface area contributed by atoms with Crippen LogP contribution < -0.4 is 20.7 Å². The summed E-state index contributed by atoms with van der Waals surface area (Å²) in [6.07, 6.45) is 1.47. The van der Waals surface area contributed by atoms with Gasteiger partial charge >= 0.3 is 5.69 Å². The summed E-state index contributed by atoms with van der Waals surface area (Å²) >= 11 is 0. The molecule has 2 aromatic carbocycles. The van der Waals surface area contributed by atoms with E-state index in [1.165, 1.54) is 6.21 Å². The average molecular weight is 367 g/mol. The first-order chi connectivity index (χ1) is 13.0. The number of aromatic nitrogens is 2. The van der Waals surface area contributed by atoms with E-state index < -0.39 is 11.2 Å². The minimum Gasteiger partial charge on any atom is -0.490 e. The number of para-hydroxylation sites is 1. The fourth-order valence-corrected chi connectivity index (χ4v) is 2.73. The van der Waals surface area contributed by atoms with Gasteiger partial charge in [0.2, 0.25) is 0 Å². The van der Waals surface area contributed by atoms with E-state index in [2.05, 4.69) is 10.1 Å². The maximum atomic E-state index is 12.5. The number of ether oxygens (including phenoxy) is 2. The lowest BCUT2D eigenvalue weighted by Crippen LogP contribution is -2.32. The summed E-state index contributed by atoms with van der Waals surface area (Å²) in [4.78, 5) is 27.4. The van der Waals surface area contributed by atoms with Crippen LogP contribution in [0.3, 0.4) is 0 Å². The molecule has 1 heterocycles. The van der Waals surface area contributed by atoms with E-state index >= 15 is 0 Å². The molecule has 0 unspecified atom stereocenters. The fraction of sp³-hybridized carbons (Fsp3) is 0.250. The number of aryl methyl sites for hydroxylation is 1. The Labute approximate surface area is 155 Å². The molecule has 7 heteroatoms. The smallest absolute Gasteiger partial charge is 0.349 e. The van der Waals surface area contributed by atoms with Crippen LogP contribution in [-0.4, -0.2) is 29.1 Å². The molecule has 0 fully saturated rings. The van der Waals surface area contributed by atoms with Crippen molar-refractivity contribution in [3.63, 3.8) is 0 Å². The van der Waals surface area contributed by atoms with Crippen LogP contribution in [0.25, 0.3) is 10.9 Å². The molecule has 140 valence electrons. The second-order valence-electron chi connectivity index (χ2n) is 5.86. The van der Waals surface area contributed by atoms with E-state index in [4.69, 9.17) is 9.47 Å². The van der Waals surface area contributed by atoms with Crippen molar-refractivity contribution in [3.05, 3.63) is 68.4 Å². The van der Waals surface area contributed by atoms with Gasteiger partial charge in [-0.05, 0) is 50.6 Å². The van der Waals surface area contributed by atoms with Gasteiger partial charge in [0, 0.05) is 5.56 Å². The Hall–Kier alpha value is -3.35. The summed E-state index contributed by atoms with van der Waals surface area (Å²) in [5.41, 5.74) is 1.02. The Morgan fingerprint density at radius 3 is 2.44 bits per heavy atom. The van der Waals surface area contributed by atoms with E-state index in [0.717, 1.165) is 15.8 Å². The van der Waals surface area contributed by atoms with Crippen molar-refractivity contribution in [3.8, 4) is 11.5 Å². The zero-order valence-corrected chi connectivity index (χ0v) is 15.5. The Bertz CT molecular complexity index is 1110. The monoisotopic (exact) mass is 367 g/mol. The molecule has 27 heavy (non-hydrogen) atoms. The second-order valence-corrected chi connectivity index (χ2v) is 5.86. The van der Waals surface area contributed by atoms with Crippen molar-refractivity contribution in [1.82, 2.24) is 9.66 Å². The number of rotatable bonds is 6. The van der Waals surface area contributed by atoms with Crippen LogP contribution in [0.4, 0.5) is 0 Å². The van der Waals surface area contributed by atoms with Crippen LogP contribution >= 0.6 is 0 Å². The SMILES string of the molecule is CCOc1cc(C)c(C=Nn2c(=O)[nH]c3ccccc3c2=O)cc1OCC. The molecular weight excluding hydrogens is 346 g/mol. The van der Waals surface area contributed by atoms with Gasteiger partial charge in [-0.2, -0.15) is 5.10 Å². The predicted octanol–water partition coefficient (Wildman–Crippen LogP) is 2.68. The lowest BCUT2D eigenvalue weighted by Gasteiger charge is -2.13. The third-order valence-electron chi connectivity index (χ3n) is 4.03. The highest BCUT2D eigenvalue weighted by atomic mass is 16.5. The van der Waals surface area contributed by atoms with Gasteiger partial charge < -0.3 is 14.5 Å². The molecule has 0 bridgehead atoms. The molecule has 0 radical (unpaired) electrons. The van der Waals surface area contributed by atoms with Crippen LogP contribution in [0.5, 0.6) is 11.5 Å². The highest BCUT2D eigenvalue weighted by Crippen LogP contribution is 2.30. The normalized spacial score (nSPS) is 11.2. The minimum absolute atomic E-state index is 0.396. The Morgan fingerprint density at radius 1 is 1.07 bits per heavy atom. The van der Waals surface area contributed by atoms with Crippen LogP contribution in [0.15, 0.2) is 51.1 Å². The summed E-state index contributed by atoms with van der Waals surface area (Å²) in [5.74, 6) is 1.24. The molecule has 0 saturated heterocycles. The molecule has 3 rings (SSSR count). The zero-order chi connectivity index (χ0) is 19.4. The van der Waals surface area contributed by atoms with Gasteiger partial charge in [-0.1, -0.05) is 12.1 Å². The summed E-state index contributed by atoms with van der Waals surface area (Å²) in [6, 6.07) is 10.5. The van der Waals surface area contributed by atoms with Gasteiger partial charge in [0.25, 0.3) is 5.56 Å². The summed E-state index contributed by atoms with van der Waals surface area (Å²) in [5, 5.41) is 4.50. The van der Waals surface area contributed by atoms with Crippen molar-refractivity contribution < 1.29 is 9.47 Å². The van der Waals surface area contributed by atoms with Crippen LogP contribution in [0.1, 0.15) is 25.0 Å². The van der Waals surface area contributed by atoms with Gasteiger partial charge in [-0.25, -0.2) is 4.79 Å². The average Bonchev–Trinajstić information content (AvgIpc) is 2.65. The van der Waals surface area contributed by atoms with Crippen molar-refractivity contribution >= 4 is 17.1 Å². The largest absolute Gasteiger partial charge is 0.490 e. The highest BCUT2D eigenvalue weighted by Gasteiger charge is 2.10. The first-order valence-corrected chi connectivity index (χ1v) is 8.73. The molecule has 0 atom stereocenters. The lowest BCUT2D eigenvalue weighted by molar-refractivity contribution is 0.287. The van der Waals surface area contributed by atoms with Crippen LogP contribution in [0.2, 0.25) is 0 Å². The van der Waals surface area contributed by atoms with Crippen LogP contribution in [0, 0.1) is 6.92 Å². The summed E-state index contributed by atoms with van der Waals surface area (Å²) < 4.78 is 12.0. The number of H-pyrrole nitrogens is 1. The molecule has 0 saturated carbocycles. The minimum atomic E-state index is -0.594. The van der Waals surface area contributed by atoms with E-state index in [9.17, 15) is 9.59 Å². The van der Waals surface area contributed by atoms with Crippen molar-refractivity contribution in [2.24, 2.45) is 5.10 Å². The fourth-order valence-electron chi connectivity index (χ4n) is 2.73. The maximum Gasteiger partial charge on any atom is 0.349 e. The van der Waals surface area contributed by atoms with Gasteiger partial charge in [0.1, 0.15) is 0 Å². The number of benzene rings is 2. The zero-order valence-electron chi connectivity index (χ0n) is 15.5. The number of nitrogens with one attached hydrogen (secondary N) is 1. The summed E-state index contributed by atoms with van der Waals surface area (Å²) in [7, 11) is 0. The quantitative estimate of drug-likeness (QED) is 0.679. The molecule has 0 amide bonds. The Balaban J connectivity index is 2.06. The van der Waals surface area contributed by atoms with Gasteiger partial charge in [0.15, 0.2) is 11.5 Å². The molecule has 0 aliphatic rings. The third kappa shape index (κ3) is 3.76. The maximum absolute atomic E-state index is 12.5. The molecule has 0 aliphatic carbocycles. The highest BCUT2D eigenvalue weighted by molar-refractivity contribution is 5.83. The van der Waals surface area contributed by atoms with E-state index in [0.29, 0.717) is 35.6 Å². The standard InChI is InChI=1S/C20H21N3O4/c1-4-26-17-10-13(3)14(11-18(17)27-5-2)12-21-23-19(24)15-8-6-7-9-16(15)22-20(23)25/h6-12H,4-5H2,1-3H3,(H,22,25). The Morgan fingerprint density at radius 2 is 1.74 bits per heavy atom. The van der Waals surface area contributed by atoms with E-state index in [1.54, 1.807) is 30.3 Å². The molecule has 1 aromatic heterocycles. The Kier molecular flexibility index (Phi) is 5.40. The molecule has 3 aromatic rings. The lowest BCUT2D eigenvalue weighted by atomic mass is 10.1. The molecule has 7 nitrogen and oxygen atoms in total. The number of hydrogen-bond donors (Lipinski definition) is 1. The third-order valence-corrected chi connectivity index (χ3v) is 4.03. The van der Waals surface area contributed by atoms with Gasteiger partial charge in [-0.15, -0.1) is 4.68 Å². The van der Waals surface area contributed by atoms with E-state index in [1.807, 2.05) is 26.8 Å². The topological polar surface area (TPSA) is 85.7 Å². The number of fused-ring (bicyclic) bond motifs is 1. The van der Waals surface area contributed by atoms with Gasteiger partial charge in [0.05, 0.1) is 30.3 Å². The van der Waals surface area contributed by atoms with Crippen molar-refractivity contribution in [1.29, 1.82) is 0 Å². The van der Waals surface area contributed by atoms with Gasteiger partial charge in [-0.3, -0.25) is 4.79 Å². The summed E-state index contributed by atoms with van der Waals surface area (Å²) in [6.45, 7) is 6.70.